The zero-order chi connectivity index (χ0) is 30.2. The summed E-state index contributed by atoms with van der Waals surface area (Å²) in [4.78, 5) is 35.9. The molecule has 1 N–H and O–H groups in total. The summed E-state index contributed by atoms with van der Waals surface area (Å²) in [7, 11) is 0. The summed E-state index contributed by atoms with van der Waals surface area (Å²) in [5.41, 5.74) is 5.27. The molecule has 0 spiro atoms. The molecule has 3 amide bonds. The first-order valence-corrected chi connectivity index (χ1v) is 14.2. The van der Waals surface area contributed by atoms with Gasteiger partial charge in [-0.1, -0.05) is 43.8 Å². The second kappa shape index (κ2) is 11.5. The van der Waals surface area contributed by atoms with Crippen LogP contribution >= 0.6 is 11.8 Å². The van der Waals surface area contributed by atoms with E-state index < -0.39 is 17.8 Å². The van der Waals surface area contributed by atoms with Crippen molar-refractivity contribution in [1.29, 1.82) is 0 Å². The van der Waals surface area contributed by atoms with E-state index in [0.717, 1.165) is 40.1 Å². The molecule has 2 heterocycles. The minimum absolute atomic E-state index is 0.129. The number of nitrogens with one attached hydrogen (secondary N) is 1. The quantitative estimate of drug-likeness (QED) is 0.255. The van der Waals surface area contributed by atoms with Gasteiger partial charge in [-0.15, -0.1) is 0 Å². The molecule has 5 rings (SSSR count). The number of urea groups is 1. The number of carbonyl (C=O) groups excluding carboxylic acids is 2. The van der Waals surface area contributed by atoms with Gasteiger partial charge in [0.15, 0.2) is 5.17 Å². The highest BCUT2D eigenvalue weighted by Gasteiger charge is 2.33. The third-order valence-corrected chi connectivity index (χ3v) is 7.77. The molecule has 0 unspecified atom stereocenters. The average molecular weight is 592 g/mol. The third kappa shape index (κ3) is 6.11. The number of halogens is 3. The normalized spacial score (nSPS) is 14.7. The molecule has 1 saturated heterocycles. The van der Waals surface area contributed by atoms with Gasteiger partial charge in [-0.25, -0.2) is 9.78 Å². The monoisotopic (exact) mass is 591 g/mol. The zero-order valence-corrected chi connectivity index (χ0v) is 24.2. The highest BCUT2D eigenvalue weighted by atomic mass is 32.2. The van der Waals surface area contributed by atoms with Crippen LogP contribution in [0.4, 0.5) is 29.3 Å². The molecule has 3 aromatic carbocycles. The summed E-state index contributed by atoms with van der Waals surface area (Å²) in [6.45, 7) is 7.89. The highest BCUT2D eigenvalue weighted by Crippen LogP contribution is 2.35. The van der Waals surface area contributed by atoms with Crippen LogP contribution in [0.25, 0.3) is 16.9 Å². The summed E-state index contributed by atoms with van der Waals surface area (Å²) >= 11 is 1.22. The van der Waals surface area contributed by atoms with Gasteiger partial charge in [-0.2, -0.15) is 18.2 Å². The van der Waals surface area contributed by atoms with E-state index in [1.54, 1.807) is 22.9 Å². The number of benzene rings is 3. The van der Waals surface area contributed by atoms with Crippen LogP contribution in [0.1, 0.15) is 42.0 Å². The second-order valence-corrected chi connectivity index (χ2v) is 11.2. The van der Waals surface area contributed by atoms with Crippen molar-refractivity contribution in [3.8, 4) is 16.9 Å². The number of carbonyl (C=O) groups is 2. The first-order valence-electron chi connectivity index (χ1n) is 13.2. The maximum atomic E-state index is 13.0. The molecule has 0 atom stereocenters. The Hall–Kier alpha value is -4.38. The van der Waals surface area contributed by atoms with Gasteiger partial charge in [0.1, 0.15) is 0 Å². The highest BCUT2D eigenvalue weighted by molar-refractivity contribution is 8.15. The van der Waals surface area contributed by atoms with E-state index in [2.05, 4.69) is 29.1 Å². The van der Waals surface area contributed by atoms with Crippen molar-refractivity contribution in [2.45, 2.75) is 39.8 Å². The smallest absolute Gasteiger partial charge is 0.306 e. The van der Waals surface area contributed by atoms with Crippen LogP contribution in [-0.2, 0) is 11.0 Å². The van der Waals surface area contributed by atoms with Gasteiger partial charge < -0.3 is 9.88 Å². The van der Waals surface area contributed by atoms with Gasteiger partial charge in [-0.3, -0.25) is 9.69 Å². The van der Waals surface area contributed by atoms with Crippen LogP contribution in [0.3, 0.4) is 0 Å². The first-order chi connectivity index (χ1) is 19.9. The molecule has 0 radical (unpaired) electrons. The summed E-state index contributed by atoms with van der Waals surface area (Å²) < 4.78 is 40.3. The lowest BCUT2D eigenvalue weighted by Crippen LogP contribution is -2.31. The number of nitrogens with zero attached hydrogens (tertiary/aromatic N) is 4. The largest absolute Gasteiger partial charge is 0.416 e. The van der Waals surface area contributed by atoms with Crippen molar-refractivity contribution in [2.75, 3.05) is 16.0 Å². The van der Waals surface area contributed by atoms with E-state index >= 15 is 0 Å². The van der Waals surface area contributed by atoms with E-state index in [-0.39, 0.29) is 17.6 Å². The molecule has 7 nitrogen and oxygen atoms in total. The number of amides is 3. The Balaban J connectivity index is 1.33. The molecule has 216 valence electrons. The lowest BCUT2D eigenvalue weighted by Gasteiger charge is -2.22. The molecule has 1 fully saturated rings. The van der Waals surface area contributed by atoms with E-state index in [9.17, 15) is 22.8 Å². The number of aryl methyl sites for hydroxylation is 2. The Labute approximate surface area is 245 Å². The Morgan fingerprint density at radius 3 is 2.45 bits per heavy atom. The van der Waals surface area contributed by atoms with Gasteiger partial charge >= 0.3 is 12.2 Å². The minimum Gasteiger partial charge on any atom is -0.306 e. The summed E-state index contributed by atoms with van der Waals surface area (Å²) in [5.74, 6) is 0.247. The zero-order valence-electron chi connectivity index (χ0n) is 23.4. The van der Waals surface area contributed by atoms with E-state index in [4.69, 9.17) is 0 Å². The standard InChI is InChI=1S/C31H28F3N5O2S/c1-18(2)24-11-5-19(3)13-27(24)39-28(40)16-42-30(39)37-29(41)36-25-12-6-21(14-20(25)4)26-15-38(17-35-26)23-9-7-22(8-10-23)31(32,33)34/h5-15,17-18H,16H2,1-4H3,(H,36,41). The van der Waals surface area contributed by atoms with E-state index in [1.165, 1.54) is 35.1 Å². The topological polar surface area (TPSA) is 79.6 Å². The van der Waals surface area contributed by atoms with Crippen LogP contribution in [-0.4, -0.2) is 32.4 Å². The molecule has 11 heteroatoms. The number of rotatable bonds is 5. The van der Waals surface area contributed by atoms with E-state index in [0.29, 0.717) is 22.2 Å². The number of hydrogen-bond acceptors (Lipinski definition) is 4. The number of aromatic nitrogens is 2. The average Bonchev–Trinajstić information content (AvgIpc) is 3.56. The SMILES string of the molecule is Cc1ccc(C(C)C)c(N2C(=O)CSC2=NC(=O)Nc2ccc(-c3cn(-c4ccc(C(F)(F)F)cc4)cn3)cc2C)c1. The number of amidine groups is 1. The Kier molecular flexibility index (Phi) is 7.96. The molecule has 1 aliphatic rings. The fraction of sp³-hybridized carbons (Fsp3) is 0.226. The maximum absolute atomic E-state index is 13.0. The molecule has 1 aromatic heterocycles. The lowest BCUT2D eigenvalue weighted by atomic mass is 9.99. The van der Waals surface area contributed by atoms with Crippen molar-refractivity contribution in [2.24, 2.45) is 4.99 Å². The van der Waals surface area contributed by atoms with Gasteiger partial charge in [-0.05, 0) is 78.9 Å². The summed E-state index contributed by atoms with van der Waals surface area (Å²) in [5, 5.41) is 3.13. The number of anilines is 2. The van der Waals surface area contributed by atoms with Gasteiger partial charge in [0.05, 0.1) is 29.0 Å². The summed E-state index contributed by atoms with van der Waals surface area (Å²) in [6, 6.07) is 15.6. The van der Waals surface area contributed by atoms with Crippen LogP contribution in [0.2, 0.25) is 0 Å². The number of hydrogen-bond donors (Lipinski definition) is 1. The number of alkyl halides is 3. The summed E-state index contributed by atoms with van der Waals surface area (Å²) in [6.07, 6.45) is -1.14. The number of thioether (sulfide) groups is 1. The van der Waals surface area contributed by atoms with Crippen molar-refractivity contribution in [1.82, 2.24) is 9.55 Å². The fourth-order valence-corrected chi connectivity index (χ4v) is 5.50. The third-order valence-electron chi connectivity index (χ3n) is 6.85. The predicted octanol–water partition coefficient (Wildman–Crippen LogP) is 7.97. The van der Waals surface area contributed by atoms with Crippen LogP contribution in [0.15, 0.2) is 78.2 Å². The van der Waals surface area contributed by atoms with Crippen molar-refractivity contribution in [3.63, 3.8) is 0 Å². The molecule has 1 aliphatic heterocycles. The van der Waals surface area contributed by atoms with Crippen molar-refractivity contribution >= 4 is 40.2 Å². The minimum atomic E-state index is -4.40. The van der Waals surface area contributed by atoms with Crippen LogP contribution in [0.5, 0.6) is 0 Å². The molecular formula is C31H28F3N5O2S. The van der Waals surface area contributed by atoms with E-state index in [1.807, 2.05) is 38.1 Å². The van der Waals surface area contributed by atoms with Gasteiger partial charge in [0.25, 0.3) is 0 Å². The molecule has 0 saturated carbocycles. The fourth-order valence-electron chi connectivity index (χ4n) is 4.65. The van der Waals surface area contributed by atoms with Crippen molar-refractivity contribution < 1.29 is 22.8 Å². The lowest BCUT2D eigenvalue weighted by molar-refractivity contribution is -0.137. The van der Waals surface area contributed by atoms with Gasteiger partial charge in [0.2, 0.25) is 5.91 Å². The van der Waals surface area contributed by atoms with Crippen LogP contribution in [0, 0.1) is 13.8 Å². The maximum Gasteiger partial charge on any atom is 0.416 e. The Morgan fingerprint density at radius 2 is 1.79 bits per heavy atom. The molecule has 42 heavy (non-hydrogen) atoms. The number of aliphatic imine (C=N–C) groups is 1. The first kappa shape index (κ1) is 29.1. The Morgan fingerprint density at radius 1 is 1.05 bits per heavy atom. The Bertz CT molecular complexity index is 1690. The predicted molar refractivity (Wildman–Crippen MR) is 160 cm³/mol. The molecule has 0 aliphatic carbocycles. The van der Waals surface area contributed by atoms with Crippen molar-refractivity contribution in [3.05, 3.63) is 95.4 Å². The number of imidazole rings is 1. The van der Waals surface area contributed by atoms with Crippen LogP contribution < -0.4 is 10.2 Å². The molecule has 4 aromatic rings. The molecular weight excluding hydrogens is 563 g/mol. The van der Waals surface area contributed by atoms with Gasteiger partial charge in [0, 0.05) is 23.1 Å². The molecule has 0 bridgehead atoms. The second-order valence-electron chi connectivity index (χ2n) is 10.3.